The molecule has 98 valence electrons. The second kappa shape index (κ2) is 15.5. The van der Waals surface area contributed by atoms with Crippen LogP contribution in [-0.2, 0) is 0 Å². The topological polar surface area (TPSA) is 85.6 Å². The Balaban J connectivity index is -0.000000188. The van der Waals surface area contributed by atoms with Gasteiger partial charge in [-0.3, -0.25) is 19.2 Å². The zero-order valence-electron chi connectivity index (χ0n) is 11.7. The molecule has 17 heavy (non-hydrogen) atoms. The van der Waals surface area contributed by atoms with Crippen LogP contribution in [0.5, 0.6) is 0 Å². The van der Waals surface area contributed by atoms with Crippen LogP contribution >= 0.6 is 0 Å². The molecule has 0 spiro atoms. The van der Waals surface area contributed by atoms with Crippen molar-refractivity contribution in [2.45, 2.75) is 50.4 Å². The Bertz CT molecular complexity index is 209. The third-order valence-electron chi connectivity index (χ3n) is 1.02. The van der Waals surface area contributed by atoms with Crippen LogP contribution in [0, 0.1) is 0 Å². The van der Waals surface area contributed by atoms with E-state index < -0.39 is 0 Å². The fourth-order valence-electron chi connectivity index (χ4n) is 0.740. The van der Waals surface area contributed by atoms with E-state index in [0.717, 1.165) is 0 Å². The van der Waals surface area contributed by atoms with Gasteiger partial charge >= 0.3 is 54.2 Å². The van der Waals surface area contributed by atoms with Crippen LogP contribution in [0.25, 0.3) is 0 Å². The molecule has 5 heteroatoms. The van der Waals surface area contributed by atoms with Gasteiger partial charge in [0.25, 0.3) is 0 Å². The maximum absolute atomic E-state index is 8.46. The minimum atomic E-state index is 0.230. The first-order chi connectivity index (χ1) is 7.67. The van der Waals surface area contributed by atoms with Crippen molar-refractivity contribution >= 4 is 44.3 Å². The molecule has 0 aromatic heterocycles. The normalized spacial score (nSPS) is 7.88. The second-order valence-corrected chi connectivity index (χ2v) is 6.65. The minimum absolute atomic E-state index is 0.230. The fraction of sp³-hybridized carbons (Fsp3) is 0.667. The summed E-state index contributed by atoms with van der Waals surface area (Å²) in [5.74, 6) is 1.00. The zero-order valence-corrected chi connectivity index (χ0v) is 14.6. The van der Waals surface area contributed by atoms with E-state index in [4.69, 9.17) is 19.2 Å². The van der Waals surface area contributed by atoms with Crippen LogP contribution in [0.3, 0.4) is 0 Å². The van der Waals surface area contributed by atoms with E-state index in [1.807, 2.05) is 0 Å². The molecule has 2 radical (unpaired) electrons. The molecule has 0 atom stereocenters. The van der Waals surface area contributed by atoms with Crippen molar-refractivity contribution in [3.05, 3.63) is 0 Å². The number of carbonyl (C=O) groups excluding carboxylic acids is 4. The Morgan fingerprint density at radius 1 is 0.647 bits per heavy atom. The molecule has 0 saturated heterocycles. The van der Waals surface area contributed by atoms with Crippen molar-refractivity contribution in [1.82, 2.24) is 0 Å². The first-order valence-electron chi connectivity index (χ1n) is 5.31. The van der Waals surface area contributed by atoms with Gasteiger partial charge in [0, 0.05) is 27.7 Å². The van der Waals surface area contributed by atoms with Crippen LogP contribution in [0.1, 0.15) is 40.5 Å². The summed E-state index contributed by atoms with van der Waals surface area (Å²) in [6.07, 6.45) is 0.611. The van der Waals surface area contributed by atoms with Gasteiger partial charge in [0.2, 0.25) is 0 Å². The summed E-state index contributed by atoms with van der Waals surface area (Å²) in [4.78, 5) is 38.4. The molecule has 0 aliphatic carbocycles. The van der Waals surface area contributed by atoms with Crippen LogP contribution < -0.4 is 0 Å². The van der Waals surface area contributed by atoms with Crippen LogP contribution in [0.15, 0.2) is 0 Å². The first kappa shape index (κ1) is 21.7. The Morgan fingerprint density at radius 2 is 0.765 bits per heavy atom. The maximum atomic E-state index is 8.46. The van der Waals surface area contributed by atoms with Crippen molar-refractivity contribution in [2.75, 3.05) is 0 Å². The van der Waals surface area contributed by atoms with Crippen molar-refractivity contribution in [3.63, 3.8) is 0 Å². The molecule has 0 heterocycles. The van der Waals surface area contributed by atoms with Crippen LogP contribution in [0.2, 0.25) is 9.88 Å². The molecular weight excluding hydrogens is 327 g/mol. The van der Waals surface area contributed by atoms with Gasteiger partial charge in [-0.05, 0) is 0 Å². The molecule has 0 fully saturated rings. The number of hydrogen-bond acceptors (Lipinski definition) is 0. The summed E-state index contributed by atoms with van der Waals surface area (Å²) < 4.78 is 0. The van der Waals surface area contributed by atoms with Crippen molar-refractivity contribution in [1.29, 1.82) is 0 Å². The van der Waals surface area contributed by atoms with E-state index in [2.05, 4.69) is 9.88 Å². The van der Waals surface area contributed by atoms with Gasteiger partial charge in [0.05, 0.1) is 0 Å². The van der Waals surface area contributed by atoms with Crippen molar-refractivity contribution in [3.8, 4) is 0 Å². The van der Waals surface area contributed by atoms with E-state index in [9.17, 15) is 0 Å². The molecule has 4 N–H and O–H groups in total. The molecule has 4 nitrogen and oxygen atoms in total. The SMILES string of the molecule is CC(=[OH+])CC(C)=[OH+].CC(=[OH+])CC(C)=[OH+].[CH3][Sn][CH3]. The average Bonchev–Trinajstić information content (AvgIpc) is 1.99. The molecular formula is C12H26O4Sn+4. The van der Waals surface area contributed by atoms with E-state index >= 15 is 0 Å². The predicted molar refractivity (Wildman–Crippen MR) is 77.2 cm³/mol. The molecule has 0 aliphatic heterocycles. The van der Waals surface area contributed by atoms with E-state index in [-0.39, 0.29) is 44.3 Å². The Kier molecular flexibility index (Phi) is 19.8. The van der Waals surface area contributed by atoms with Gasteiger partial charge in [-0.15, -0.1) is 0 Å². The van der Waals surface area contributed by atoms with Crippen molar-refractivity contribution < 1.29 is 19.2 Å². The molecule has 0 amide bonds. The predicted octanol–water partition coefficient (Wildman–Crippen LogP) is 1.80. The average molecular weight is 353 g/mol. The summed E-state index contributed by atoms with van der Waals surface area (Å²) >= 11 is 0.230. The number of hydrogen-bond donors (Lipinski definition) is 0. The summed E-state index contributed by atoms with van der Waals surface area (Å²) in [5, 5.41) is 0. The van der Waals surface area contributed by atoms with E-state index in [1.54, 1.807) is 27.7 Å². The first-order valence-corrected chi connectivity index (χ1v) is 11.0. The van der Waals surface area contributed by atoms with Gasteiger partial charge in [-0.25, -0.2) is 0 Å². The second-order valence-electron chi connectivity index (χ2n) is 3.79. The summed E-state index contributed by atoms with van der Waals surface area (Å²) in [7, 11) is 0. The third kappa shape index (κ3) is 50.3. The molecule has 0 saturated carbocycles. The molecule has 0 bridgehead atoms. The Hall–Kier alpha value is -0.521. The molecule has 0 aromatic carbocycles. The summed E-state index contributed by atoms with van der Waals surface area (Å²) in [6.45, 7) is 6.22. The number of ketones is 4. The summed E-state index contributed by atoms with van der Waals surface area (Å²) in [6, 6.07) is 0. The quantitative estimate of drug-likeness (QED) is 0.419. The summed E-state index contributed by atoms with van der Waals surface area (Å²) in [5.41, 5.74) is 0. The van der Waals surface area contributed by atoms with Gasteiger partial charge in [-0.1, -0.05) is 0 Å². The third-order valence-corrected chi connectivity index (χ3v) is 1.02. The van der Waals surface area contributed by atoms with Crippen LogP contribution in [0.4, 0.5) is 0 Å². The van der Waals surface area contributed by atoms with Gasteiger partial charge < -0.3 is 0 Å². The zero-order chi connectivity index (χ0) is 14.4. The van der Waals surface area contributed by atoms with Crippen molar-refractivity contribution in [2.24, 2.45) is 0 Å². The molecule has 0 unspecified atom stereocenters. The van der Waals surface area contributed by atoms with Gasteiger partial charge in [0.15, 0.2) is 12.8 Å². The Morgan fingerprint density at radius 3 is 0.765 bits per heavy atom. The van der Waals surface area contributed by atoms with Crippen LogP contribution in [-0.4, -0.2) is 63.5 Å². The fourth-order valence-corrected chi connectivity index (χ4v) is 0.740. The van der Waals surface area contributed by atoms with E-state index in [0.29, 0.717) is 12.8 Å². The van der Waals surface area contributed by atoms with Gasteiger partial charge in [-0.2, -0.15) is 0 Å². The standard InChI is InChI=1S/2C5H8O2.2CH3.Sn/c2*1-4(6)3-5(2)7;;;/h2*3H2,1-2H3;2*1H3;/p+4. The molecule has 0 aliphatic rings. The van der Waals surface area contributed by atoms with Gasteiger partial charge in [0.1, 0.15) is 0 Å². The molecule has 0 rings (SSSR count). The monoisotopic (exact) mass is 354 g/mol. The number of rotatable bonds is 4. The molecule has 0 aromatic rings. The van der Waals surface area contributed by atoms with E-state index in [1.165, 1.54) is 0 Å². The Labute approximate surface area is 114 Å².